The van der Waals surface area contributed by atoms with Crippen LogP contribution in [0.15, 0.2) is 35.2 Å². The molecule has 1 amide bonds. The number of fused-ring (bicyclic) bond motifs is 2. The van der Waals surface area contributed by atoms with Crippen molar-refractivity contribution in [3.05, 3.63) is 30.3 Å². The Bertz CT molecular complexity index is 764. The van der Waals surface area contributed by atoms with E-state index in [4.69, 9.17) is 4.74 Å². The standard InChI is InChI=1S/C19H27N3O4S/c23-19(11-17-5-4-10-26-17)20-12-16-14-22(15-8-9-21(16)13-15)27(24,25)18-6-2-1-3-7-18/h1-3,6-7,15-17H,4-5,8-14H2,(H,20,23)/t15-,16-,17-/m0/s1. The first-order valence-corrected chi connectivity index (χ1v) is 11.2. The van der Waals surface area contributed by atoms with Crippen LogP contribution in [0.4, 0.5) is 0 Å². The Morgan fingerprint density at radius 3 is 2.74 bits per heavy atom. The largest absolute Gasteiger partial charge is 0.378 e. The van der Waals surface area contributed by atoms with Gasteiger partial charge >= 0.3 is 0 Å². The molecular formula is C19H27N3O4S. The zero-order chi connectivity index (χ0) is 18.9. The zero-order valence-electron chi connectivity index (χ0n) is 15.4. The van der Waals surface area contributed by atoms with Gasteiger partial charge in [-0.05, 0) is 31.4 Å². The van der Waals surface area contributed by atoms with Crippen molar-refractivity contribution in [2.45, 2.75) is 48.8 Å². The Morgan fingerprint density at radius 2 is 2.00 bits per heavy atom. The molecule has 3 aliphatic rings. The number of rotatable bonds is 6. The van der Waals surface area contributed by atoms with Gasteiger partial charge in [0.05, 0.1) is 17.4 Å². The Kier molecular flexibility index (Phi) is 5.50. The predicted molar refractivity (Wildman–Crippen MR) is 101 cm³/mol. The SMILES string of the molecule is O=C(C[C@@H]1CCCO1)NC[C@H]1CN(S(=O)(=O)c2ccccc2)[C@H]2CCN1C2. The molecule has 3 heterocycles. The van der Waals surface area contributed by atoms with E-state index in [1.165, 1.54) is 0 Å². The molecule has 0 saturated carbocycles. The number of nitrogens with zero attached hydrogens (tertiary/aromatic N) is 2. The highest BCUT2D eigenvalue weighted by molar-refractivity contribution is 7.89. The monoisotopic (exact) mass is 393 g/mol. The summed E-state index contributed by atoms with van der Waals surface area (Å²) < 4.78 is 33.3. The molecule has 8 heteroatoms. The predicted octanol–water partition coefficient (Wildman–Crippen LogP) is 0.819. The highest BCUT2D eigenvalue weighted by Gasteiger charge is 2.44. The van der Waals surface area contributed by atoms with E-state index in [0.29, 0.717) is 24.4 Å². The second-order valence-electron chi connectivity index (χ2n) is 7.62. The molecule has 4 atom stereocenters. The molecule has 4 rings (SSSR count). The van der Waals surface area contributed by atoms with Gasteiger partial charge in [-0.3, -0.25) is 9.69 Å². The molecule has 1 N–H and O–H groups in total. The molecule has 2 bridgehead atoms. The first kappa shape index (κ1) is 18.9. The van der Waals surface area contributed by atoms with Crippen molar-refractivity contribution < 1.29 is 17.9 Å². The molecule has 0 aliphatic carbocycles. The number of benzene rings is 1. The number of carbonyl (C=O) groups is 1. The maximum atomic E-state index is 13.1. The van der Waals surface area contributed by atoms with Crippen molar-refractivity contribution in [1.82, 2.24) is 14.5 Å². The smallest absolute Gasteiger partial charge is 0.243 e. The van der Waals surface area contributed by atoms with Gasteiger partial charge in [-0.15, -0.1) is 0 Å². The maximum Gasteiger partial charge on any atom is 0.243 e. The average Bonchev–Trinajstić information content (AvgIpc) is 3.32. The van der Waals surface area contributed by atoms with Gasteiger partial charge in [0.15, 0.2) is 0 Å². The molecule has 148 valence electrons. The van der Waals surface area contributed by atoms with E-state index in [2.05, 4.69) is 10.2 Å². The van der Waals surface area contributed by atoms with Gasteiger partial charge in [0.2, 0.25) is 15.9 Å². The van der Waals surface area contributed by atoms with Crippen molar-refractivity contribution in [2.75, 3.05) is 32.8 Å². The first-order chi connectivity index (χ1) is 13.0. The van der Waals surface area contributed by atoms with Gasteiger partial charge in [0.1, 0.15) is 0 Å². The van der Waals surface area contributed by atoms with E-state index in [9.17, 15) is 13.2 Å². The van der Waals surface area contributed by atoms with Gasteiger partial charge in [-0.25, -0.2) is 8.42 Å². The van der Waals surface area contributed by atoms with Crippen molar-refractivity contribution >= 4 is 15.9 Å². The van der Waals surface area contributed by atoms with Crippen molar-refractivity contribution in [3.63, 3.8) is 0 Å². The van der Waals surface area contributed by atoms with Crippen LogP contribution in [0.1, 0.15) is 25.7 Å². The summed E-state index contributed by atoms with van der Waals surface area (Å²) in [5.41, 5.74) is 0. The number of amides is 1. The van der Waals surface area contributed by atoms with E-state index in [-0.39, 0.29) is 24.1 Å². The van der Waals surface area contributed by atoms with Gasteiger partial charge < -0.3 is 10.1 Å². The fourth-order valence-corrected chi connectivity index (χ4v) is 6.04. The summed E-state index contributed by atoms with van der Waals surface area (Å²) in [6.45, 7) is 3.24. The number of hydrogen-bond acceptors (Lipinski definition) is 5. The van der Waals surface area contributed by atoms with E-state index in [1.807, 2.05) is 6.07 Å². The number of piperazine rings is 1. The van der Waals surface area contributed by atoms with Crippen LogP contribution in [0.5, 0.6) is 0 Å². The van der Waals surface area contributed by atoms with E-state index < -0.39 is 10.0 Å². The van der Waals surface area contributed by atoms with Crippen LogP contribution in [0, 0.1) is 0 Å². The molecule has 1 aromatic carbocycles. The topological polar surface area (TPSA) is 79.0 Å². The summed E-state index contributed by atoms with van der Waals surface area (Å²) >= 11 is 0. The lowest BCUT2D eigenvalue weighted by Gasteiger charge is -2.39. The Hall–Kier alpha value is -1.48. The second kappa shape index (κ2) is 7.87. The van der Waals surface area contributed by atoms with Crippen LogP contribution in [0.2, 0.25) is 0 Å². The highest BCUT2D eigenvalue weighted by Crippen LogP contribution is 2.30. The molecule has 1 unspecified atom stereocenters. The molecule has 0 spiro atoms. The third-order valence-electron chi connectivity index (χ3n) is 5.83. The van der Waals surface area contributed by atoms with Crippen LogP contribution in [-0.2, 0) is 19.6 Å². The molecule has 0 aromatic heterocycles. The summed E-state index contributed by atoms with van der Waals surface area (Å²) in [7, 11) is -3.51. The molecule has 3 aliphatic heterocycles. The number of sulfonamides is 1. The normalized spacial score (nSPS) is 31.1. The lowest BCUT2D eigenvalue weighted by Crippen LogP contribution is -2.57. The Labute approximate surface area is 160 Å². The minimum absolute atomic E-state index is 0.00989. The summed E-state index contributed by atoms with van der Waals surface area (Å²) in [6, 6.07) is 8.65. The zero-order valence-corrected chi connectivity index (χ0v) is 16.2. The summed E-state index contributed by atoms with van der Waals surface area (Å²) in [5, 5.41) is 2.99. The van der Waals surface area contributed by atoms with Gasteiger partial charge in [-0.2, -0.15) is 4.31 Å². The average molecular weight is 394 g/mol. The number of ether oxygens (including phenoxy) is 1. The molecular weight excluding hydrogens is 366 g/mol. The van der Waals surface area contributed by atoms with Crippen molar-refractivity contribution in [2.24, 2.45) is 0 Å². The lowest BCUT2D eigenvalue weighted by molar-refractivity contribution is -0.123. The van der Waals surface area contributed by atoms with Crippen LogP contribution in [-0.4, -0.2) is 74.5 Å². The summed E-state index contributed by atoms with van der Waals surface area (Å²) in [4.78, 5) is 14.8. The fourth-order valence-electron chi connectivity index (χ4n) is 4.34. The molecule has 7 nitrogen and oxygen atoms in total. The first-order valence-electron chi connectivity index (χ1n) is 9.73. The van der Waals surface area contributed by atoms with Crippen LogP contribution in [0.3, 0.4) is 0 Å². The molecule has 3 fully saturated rings. The highest BCUT2D eigenvalue weighted by atomic mass is 32.2. The summed E-state index contributed by atoms with van der Waals surface area (Å²) in [5.74, 6) is -0.0133. The minimum atomic E-state index is -3.51. The Balaban J connectivity index is 1.40. The van der Waals surface area contributed by atoms with Crippen molar-refractivity contribution in [1.29, 1.82) is 0 Å². The fraction of sp³-hybridized carbons (Fsp3) is 0.632. The van der Waals surface area contributed by atoms with Crippen molar-refractivity contribution in [3.8, 4) is 0 Å². The maximum absolute atomic E-state index is 13.1. The molecule has 3 saturated heterocycles. The van der Waals surface area contributed by atoms with Crippen LogP contribution in [0.25, 0.3) is 0 Å². The van der Waals surface area contributed by atoms with E-state index in [1.54, 1.807) is 28.6 Å². The van der Waals surface area contributed by atoms with E-state index >= 15 is 0 Å². The van der Waals surface area contributed by atoms with Gasteiger partial charge in [-0.1, -0.05) is 18.2 Å². The Morgan fingerprint density at radius 1 is 1.19 bits per heavy atom. The minimum Gasteiger partial charge on any atom is -0.378 e. The van der Waals surface area contributed by atoms with Gasteiger partial charge in [0.25, 0.3) is 0 Å². The molecule has 0 radical (unpaired) electrons. The molecule has 27 heavy (non-hydrogen) atoms. The third-order valence-corrected chi connectivity index (χ3v) is 7.76. The summed E-state index contributed by atoms with van der Waals surface area (Å²) in [6.07, 6.45) is 3.21. The number of hydrogen-bond donors (Lipinski definition) is 1. The van der Waals surface area contributed by atoms with E-state index in [0.717, 1.165) is 39.0 Å². The quantitative estimate of drug-likeness (QED) is 0.774. The lowest BCUT2D eigenvalue weighted by atomic mass is 10.1. The molecule has 1 aromatic rings. The number of nitrogens with one attached hydrogen (secondary N) is 1. The van der Waals surface area contributed by atoms with Gasteiger partial charge in [0, 0.05) is 44.9 Å². The number of carbonyl (C=O) groups excluding carboxylic acids is 1. The van der Waals surface area contributed by atoms with Crippen LogP contribution < -0.4 is 5.32 Å². The second-order valence-corrected chi connectivity index (χ2v) is 9.51. The third kappa shape index (κ3) is 4.03. The van der Waals surface area contributed by atoms with Crippen LogP contribution >= 0.6 is 0 Å².